The fourth-order valence-corrected chi connectivity index (χ4v) is 1.70. The van der Waals surface area contributed by atoms with Gasteiger partial charge in [0, 0.05) is 18.6 Å². The standard InChI is InChI=1S/C14H13BrN4O/c1-10-4-2-3-5-11(10)6-7-16-14(20)19-13-17-8-12(15)9-18-13/h2-9H,1H3,(H2,16,17,18,19,20)/b7-6+. The maximum absolute atomic E-state index is 11.6. The van der Waals surface area contributed by atoms with Crippen LogP contribution in [-0.2, 0) is 0 Å². The van der Waals surface area contributed by atoms with Crippen molar-refractivity contribution in [1.82, 2.24) is 15.3 Å². The Bertz CT molecular complexity index is 625. The van der Waals surface area contributed by atoms with Gasteiger partial charge in [-0.05, 0) is 40.1 Å². The van der Waals surface area contributed by atoms with Crippen molar-refractivity contribution in [2.75, 3.05) is 5.32 Å². The highest BCUT2D eigenvalue weighted by Gasteiger charge is 2.01. The van der Waals surface area contributed by atoms with Gasteiger partial charge in [-0.1, -0.05) is 24.3 Å². The lowest BCUT2D eigenvalue weighted by Crippen LogP contribution is -2.24. The molecule has 5 nitrogen and oxygen atoms in total. The molecule has 0 aliphatic heterocycles. The molecule has 2 aromatic rings. The minimum atomic E-state index is -0.392. The van der Waals surface area contributed by atoms with Crippen LogP contribution in [0.25, 0.3) is 6.08 Å². The van der Waals surface area contributed by atoms with Crippen molar-refractivity contribution in [1.29, 1.82) is 0 Å². The van der Waals surface area contributed by atoms with Crippen molar-refractivity contribution >= 4 is 34.0 Å². The Kier molecular flexibility index (Phi) is 4.84. The number of benzene rings is 1. The van der Waals surface area contributed by atoms with E-state index in [1.165, 1.54) is 0 Å². The number of anilines is 1. The first kappa shape index (κ1) is 14.2. The molecule has 102 valence electrons. The maximum atomic E-state index is 11.6. The zero-order chi connectivity index (χ0) is 14.4. The van der Waals surface area contributed by atoms with E-state index < -0.39 is 6.03 Å². The van der Waals surface area contributed by atoms with Crippen LogP contribution in [0.15, 0.2) is 47.3 Å². The number of amides is 2. The van der Waals surface area contributed by atoms with Crippen LogP contribution < -0.4 is 10.6 Å². The highest BCUT2D eigenvalue weighted by Crippen LogP contribution is 2.08. The van der Waals surface area contributed by atoms with Gasteiger partial charge in [0.1, 0.15) is 0 Å². The highest BCUT2D eigenvalue weighted by atomic mass is 79.9. The summed E-state index contributed by atoms with van der Waals surface area (Å²) in [5.41, 5.74) is 2.19. The lowest BCUT2D eigenvalue weighted by molar-refractivity contribution is 0.255. The van der Waals surface area contributed by atoms with Crippen LogP contribution in [0.5, 0.6) is 0 Å². The molecule has 0 saturated heterocycles. The van der Waals surface area contributed by atoms with Gasteiger partial charge in [0.15, 0.2) is 0 Å². The quantitative estimate of drug-likeness (QED) is 0.905. The molecule has 20 heavy (non-hydrogen) atoms. The first-order chi connectivity index (χ1) is 9.65. The lowest BCUT2D eigenvalue weighted by Gasteiger charge is -2.03. The Morgan fingerprint density at radius 1 is 1.25 bits per heavy atom. The zero-order valence-electron chi connectivity index (χ0n) is 10.8. The average Bonchev–Trinajstić information content (AvgIpc) is 2.43. The van der Waals surface area contributed by atoms with E-state index in [4.69, 9.17) is 0 Å². The molecule has 1 aromatic heterocycles. The number of hydrogen-bond donors (Lipinski definition) is 2. The normalized spacial score (nSPS) is 10.5. The second-order valence-electron chi connectivity index (χ2n) is 4.01. The topological polar surface area (TPSA) is 66.9 Å². The third kappa shape index (κ3) is 4.17. The summed E-state index contributed by atoms with van der Waals surface area (Å²) in [5, 5.41) is 5.12. The van der Waals surface area contributed by atoms with E-state index in [-0.39, 0.29) is 5.95 Å². The summed E-state index contributed by atoms with van der Waals surface area (Å²) in [7, 11) is 0. The van der Waals surface area contributed by atoms with Gasteiger partial charge in [0.2, 0.25) is 5.95 Å². The molecule has 2 N–H and O–H groups in total. The second-order valence-corrected chi connectivity index (χ2v) is 4.93. The van der Waals surface area contributed by atoms with Gasteiger partial charge in [0.25, 0.3) is 0 Å². The monoisotopic (exact) mass is 332 g/mol. The third-order valence-corrected chi connectivity index (χ3v) is 2.92. The molecule has 0 atom stereocenters. The molecule has 0 saturated carbocycles. The van der Waals surface area contributed by atoms with Crippen LogP contribution in [0.4, 0.5) is 10.7 Å². The van der Waals surface area contributed by atoms with Crippen LogP contribution in [-0.4, -0.2) is 16.0 Å². The summed E-state index contributed by atoms with van der Waals surface area (Å²) in [4.78, 5) is 19.5. The Hall–Kier alpha value is -2.21. The third-order valence-electron chi connectivity index (χ3n) is 2.51. The summed E-state index contributed by atoms with van der Waals surface area (Å²) >= 11 is 3.22. The van der Waals surface area contributed by atoms with Crippen molar-refractivity contribution in [3.8, 4) is 0 Å². The minimum absolute atomic E-state index is 0.245. The van der Waals surface area contributed by atoms with Gasteiger partial charge in [0.05, 0.1) is 4.47 Å². The molecule has 6 heteroatoms. The number of urea groups is 1. The average molecular weight is 333 g/mol. The Labute approximate surface area is 125 Å². The van der Waals surface area contributed by atoms with E-state index in [1.807, 2.05) is 37.3 Å². The van der Waals surface area contributed by atoms with Crippen LogP contribution >= 0.6 is 15.9 Å². The van der Waals surface area contributed by atoms with Crippen molar-refractivity contribution in [2.24, 2.45) is 0 Å². The smallest absolute Gasteiger partial charge is 0.314 e. The molecule has 2 rings (SSSR count). The van der Waals surface area contributed by atoms with Crippen molar-refractivity contribution in [2.45, 2.75) is 6.92 Å². The molecular formula is C14H13BrN4O. The molecule has 0 aliphatic carbocycles. The number of hydrogen-bond acceptors (Lipinski definition) is 3. The van der Waals surface area contributed by atoms with E-state index in [9.17, 15) is 4.79 Å². The van der Waals surface area contributed by atoms with Crippen molar-refractivity contribution < 1.29 is 4.79 Å². The molecule has 1 heterocycles. The van der Waals surface area contributed by atoms with Crippen LogP contribution in [0, 0.1) is 6.92 Å². The molecule has 1 aromatic carbocycles. The van der Waals surface area contributed by atoms with Crippen LogP contribution in [0.1, 0.15) is 11.1 Å². The predicted octanol–water partition coefficient (Wildman–Crippen LogP) is 3.34. The van der Waals surface area contributed by atoms with E-state index in [0.717, 1.165) is 15.6 Å². The van der Waals surface area contributed by atoms with Gasteiger partial charge in [-0.2, -0.15) is 0 Å². The molecule has 0 unspecified atom stereocenters. The van der Waals surface area contributed by atoms with E-state index in [0.29, 0.717) is 0 Å². The van der Waals surface area contributed by atoms with E-state index in [1.54, 1.807) is 18.6 Å². The number of aryl methyl sites for hydroxylation is 1. The van der Waals surface area contributed by atoms with Gasteiger partial charge in [-0.25, -0.2) is 14.8 Å². The molecule has 0 aliphatic rings. The van der Waals surface area contributed by atoms with E-state index in [2.05, 4.69) is 36.5 Å². The number of nitrogens with zero attached hydrogens (tertiary/aromatic N) is 2. The maximum Gasteiger partial charge on any atom is 0.325 e. The number of rotatable bonds is 3. The largest absolute Gasteiger partial charge is 0.325 e. The summed E-state index contributed by atoms with van der Waals surface area (Å²) in [6, 6.07) is 7.51. The number of carbonyl (C=O) groups is 1. The summed E-state index contributed by atoms with van der Waals surface area (Å²) in [6.45, 7) is 2.01. The molecule has 0 radical (unpaired) electrons. The molecular weight excluding hydrogens is 320 g/mol. The molecule has 2 amide bonds. The Morgan fingerprint density at radius 2 is 1.95 bits per heavy atom. The fraction of sp³-hybridized carbons (Fsp3) is 0.0714. The Balaban J connectivity index is 1.89. The van der Waals surface area contributed by atoms with Gasteiger partial charge >= 0.3 is 6.03 Å². The Morgan fingerprint density at radius 3 is 2.65 bits per heavy atom. The summed E-state index contributed by atoms with van der Waals surface area (Å²) < 4.78 is 0.753. The number of halogens is 1. The zero-order valence-corrected chi connectivity index (χ0v) is 12.4. The van der Waals surface area contributed by atoms with Crippen molar-refractivity contribution in [3.63, 3.8) is 0 Å². The van der Waals surface area contributed by atoms with Gasteiger partial charge in [-0.15, -0.1) is 0 Å². The minimum Gasteiger partial charge on any atom is -0.314 e. The van der Waals surface area contributed by atoms with Crippen molar-refractivity contribution in [3.05, 3.63) is 58.5 Å². The number of aromatic nitrogens is 2. The summed E-state index contributed by atoms with van der Waals surface area (Å²) in [6.07, 6.45) is 6.53. The SMILES string of the molecule is Cc1ccccc1/C=C/NC(=O)Nc1ncc(Br)cn1. The van der Waals surface area contributed by atoms with E-state index >= 15 is 0 Å². The van der Waals surface area contributed by atoms with Gasteiger partial charge < -0.3 is 5.32 Å². The first-order valence-electron chi connectivity index (χ1n) is 5.92. The number of nitrogens with one attached hydrogen (secondary N) is 2. The van der Waals surface area contributed by atoms with Crippen LogP contribution in [0.3, 0.4) is 0 Å². The molecule has 0 fully saturated rings. The second kappa shape index (κ2) is 6.81. The summed E-state index contributed by atoms with van der Waals surface area (Å²) in [5.74, 6) is 0.245. The highest BCUT2D eigenvalue weighted by molar-refractivity contribution is 9.10. The van der Waals surface area contributed by atoms with Gasteiger partial charge in [-0.3, -0.25) is 5.32 Å². The lowest BCUT2D eigenvalue weighted by atomic mass is 10.1. The first-order valence-corrected chi connectivity index (χ1v) is 6.72. The predicted molar refractivity (Wildman–Crippen MR) is 82.1 cm³/mol. The van der Waals surface area contributed by atoms with Crippen LogP contribution in [0.2, 0.25) is 0 Å². The molecule has 0 spiro atoms. The molecule has 0 bridgehead atoms. The fourth-order valence-electron chi connectivity index (χ4n) is 1.50. The number of carbonyl (C=O) groups excluding carboxylic acids is 1.